The fourth-order valence-corrected chi connectivity index (χ4v) is 1.89. The molecule has 8 nitrogen and oxygen atoms in total. The molecule has 0 saturated carbocycles. The van der Waals surface area contributed by atoms with Crippen LogP contribution in [0.3, 0.4) is 0 Å². The van der Waals surface area contributed by atoms with Crippen molar-refractivity contribution in [3.05, 3.63) is 22.7 Å². The second-order valence-corrected chi connectivity index (χ2v) is 4.73. The van der Waals surface area contributed by atoms with Gasteiger partial charge in [-0.25, -0.2) is 9.59 Å². The van der Waals surface area contributed by atoms with Crippen molar-refractivity contribution in [2.75, 3.05) is 13.7 Å². The number of urea groups is 1. The number of ether oxygens (including phenoxy) is 3. The first kappa shape index (κ1) is 18.6. The zero-order chi connectivity index (χ0) is 17.6. The molecule has 3 amide bonds. The third kappa shape index (κ3) is 5.03. The molecule has 126 valence electrons. The molecular weight excluding hydrogens is 328 g/mol. The maximum Gasteiger partial charge on any atom is 0.339 e. The minimum Gasteiger partial charge on any atom is -0.493 e. The maximum absolute atomic E-state index is 12.1. The number of amides is 3. The van der Waals surface area contributed by atoms with E-state index < -0.39 is 24.0 Å². The van der Waals surface area contributed by atoms with E-state index >= 15 is 0 Å². The highest BCUT2D eigenvalue weighted by Gasteiger charge is 2.22. The van der Waals surface area contributed by atoms with E-state index in [-0.39, 0.29) is 16.3 Å². The number of primary amides is 1. The van der Waals surface area contributed by atoms with Gasteiger partial charge in [0, 0.05) is 0 Å². The lowest BCUT2D eigenvalue weighted by molar-refractivity contribution is -0.127. The van der Waals surface area contributed by atoms with Crippen molar-refractivity contribution < 1.29 is 28.6 Å². The first-order valence-corrected chi connectivity index (χ1v) is 6.99. The molecule has 0 unspecified atom stereocenters. The van der Waals surface area contributed by atoms with Gasteiger partial charge in [-0.05, 0) is 26.0 Å². The summed E-state index contributed by atoms with van der Waals surface area (Å²) in [4.78, 5) is 34.2. The Labute approximate surface area is 137 Å². The molecule has 9 heteroatoms. The quantitative estimate of drug-likeness (QED) is 0.755. The van der Waals surface area contributed by atoms with Crippen LogP contribution in [0.5, 0.6) is 11.5 Å². The molecule has 3 N–H and O–H groups in total. The first-order valence-electron chi connectivity index (χ1n) is 6.61. The summed E-state index contributed by atoms with van der Waals surface area (Å²) in [7, 11) is 1.40. The molecule has 0 heterocycles. The summed E-state index contributed by atoms with van der Waals surface area (Å²) < 4.78 is 15.4. The molecule has 1 aromatic rings. The van der Waals surface area contributed by atoms with Crippen molar-refractivity contribution in [3.63, 3.8) is 0 Å². The fraction of sp³-hybridized carbons (Fsp3) is 0.357. The molecule has 1 rings (SSSR count). The Morgan fingerprint density at radius 2 is 2.00 bits per heavy atom. The van der Waals surface area contributed by atoms with Crippen molar-refractivity contribution in [1.29, 1.82) is 0 Å². The number of rotatable bonds is 6. The molecule has 0 aliphatic heterocycles. The Morgan fingerprint density at radius 3 is 2.52 bits per heavy atom. The minimum atomic E-state index is -1.22. The standard InChI is InChI=1S/C14H17ClN2O6/c1-4-22-11-9(15)5-8(6-10(11)21-3)13(19)23-7(2)12(18)17-14(16)20/h5-7H,4H2,1-3H3,(H3,16,17,18,20)/t7-/m1/s1. The predicted octanol–water partition coefficient (Wildman–Crippen LogP) is 1.49. The molecule has 0 aliphatic rings. The average Bonchev–Trinajstić information content (AvgIpc) is 2.48. The van der Waals surface area contributed by atoms with Crippen LogP contribution in [0.15, 0.2) is 12.1 Å². The molecule has 0 aromatic heterocycles. The van der Waals surface area contributed by atoms with Crippen molar-refractivity contribution in [3.8, 4) is 11.5 Å². The van der Waals surface area contributed by atoms with Crippen molar-refractivity contribution in [1.82, 2.24) is 5.32 Å². The van der Waals surface area contributed by atoms with Crippen LogP contribution in [0.4, 0.5) is 4.79 Å². The number of esters is 1. The summed E-state index contributed by atoms with van der Waals surface area (Å²) in [6.07, 6.45) is -1.22. The molecule has 0 spiro atoms. The number of nitrogens with two attached hydrogens (primary N) is 1. The zero-order valence-electron chi connectivity index (χ0n) is 12.8. The number of carbonyl (C=O) groups is 3. The summed E-state index contributed by atoms with van der Waals surface area (Å²) >= 11 is 6.05. The first-order chi connectivity index (χ1) is 10.8. The third-order valence-corrected chi connectivity index (χ3v) is 2.93. The van der Waals surface area contributed by atoms with E-state index in [1.807, 2.05) is 5.32 Å². The summed E-state index contributed by atoms with van der Waals surface area (Å²) in [6.45, 7) is 3.44. The normalized spacial score (nSPS) is 11.3. The highest BCUT2D eigenvalue weighted by molar-refractivity contribution is 6.32. The monoisotopic (exact) mass is 344 g/mol. The van der Waals surface area contributed by atoms with Crippen LogP contribution in [-0.2, 0) is 9.53 Å². The van der Waals surface area contributed by atoms with Gasteiger partial charge in [-0.1, -0.05) is 11.6 Å². The lowest BCUT2D eigenvalue weighted by Gasteiger charge is -2.15. The Morgan fingerprint density at radius 1 is 1.35 bits per heavy atom. The number of imide groups is 1. The van der Waals surface area contributed by atoms with Gasteiger partial charge in [0.1, 0.15) is 0 Å². The fourth-order valence-electron chi connectivity index (χ4n) is 1.63. The van der Waals surface area contributed by atoms with Crippen LogP contribution >= 0.6 is 11.6 Å². The van der Waals surface area contributed by atoms with Crippen LogP contribution < -0.4 is 20.5 Å². The lowest BCUT2D eigenvalue weighted by Crippen LogP contribution is -2.42. The van der Waals surface area contributed by atoms with Gasteiger partial charge < -0.3 is 19.9 Å². The van der Waals surface area contributed by atoms with Crippen LogP contribution in [0.25, 0.3) is 0 Å². The summed E-state index contributed by atoms with van der Waals surface area (Å²) in [5.41, 5.74) is 4.88. The molecule has 23 heavy (non-hydrogen) atoms. The number of hydrogen-bond donors (Lipinski definition) is 2. The molecule has 0 fully saturated rings. The number of carbonyl (C=O) groups excluding carboxylic acids is 3. The van der Waals surface area contributed by atoms with E-state index in [1.54, 1.807) is 6.92 Å². The highest BCUT2D eigenvalue weighted by Crippen LogP contribution is 2.36. The van der Waals surface area contributed by atoms with Gasteiger partial charge >= 0.3 is 12.0 Å². The lowest BCUT2D eigenvalue weighted by atomic mass is 10.2. The van der Waals surface area contributed by atoms with Gasteiger partial charge in [-0.2, -0.15) is 0 Å². The summed E-state index contributed by atoms with van der Waals surface area (Å²) in [6, 6.07) is 1.66. The SMILES string of the molecule is CCOc1c(Cl)cc(C(=O)O[C@H](C)C(=O)NC(N)=O)cc1OC. The predicted molar refractivity (Wildman–Crippen MR) is 81.8 cm³/mol. The van der Waals surface area contributed by atoms with E-state index in [0.717, 1.165) is 0 Å². The van der Waals surface area contributed by atoms with Gasteiger partial charge in [0.15, 0.2) is 17.6 Å². The van der Waals surface area contributed by atoms with E-state index in [0.29, 0.717) is 12.4 Å². The smallest absolute Gasteiger partial charge is 0.339 e. The Kier molecular flexibility index (Phi) is 6.65. The molecule has 1 atom stereocenters. The summed E-state index contributed by atoms with van der Waals surface area (Å²) in [5.74, 6) is -1.11. The topological polar surface area (TPSA) is 117 Å². The van der Waals surface area contributed by atoms with Crippen molar-refractivity contribution >= 4 is 29.5 Å². The van der Waals surface area contributed by atoms with E-state index in [9.17, 15) is 14.4 Å². The van der Waals surface area contributed by atoms with Gasteiger partial charge in [0.05, 0.1) is 24.3 Å². The number of methoxy groups -OCH3 is 1. The molecule has 0 radical (unpaired) electrons. The average molecular weight is 345 g/mol. The number of halogens is 1. The number of nitrogens with one attached hydrogen (secondary N) is 1. The molecule has 0 bridgehead atoms. The second-order valence-electron chi connectivity index (χ2n) is 4.32. The highest BCUT2D eigenvalue weighted by atomic mass is 35.5. The van der Waals surface area contributed by atoms with Crippen LogP contribution in [-0.4, -0.2) is 37.7 Å². The maximum atomic E-state index is 12.1. The minimum absolute atomic E-state index is 0.0639. The van der Waals surface area contributed by atoms with E-state index in [2.05, 4.69) is 0 Å². The third-order valence-electron chi connectivity index (χ3n) is 2.65. The Balaban J connectivity index is 2.94. The Hall–Kier alpha value is -2.48. The van der Waals surface area contributed by atoms with Gasteiger partial charge in [0.2, 0.25) is 0 Å². The van der Waals surface area contributed by atoms with Gasteiger partial charge in [-0.3, -0.25) is 10.1 Å². The zero-order valence-corrected chi connectivity index (χ0v) is 13.6. The largest absolute Gasteiger partial charge is 0.493 e. The van der Waals surface area contributed by atoms with Crippen LogP contribution in [0, 0.1) is 0 Å². The van der Waals surface area contributed by atoms with E-state index in [4.69, 9.17) is 31.5 Å². The molecule has 0 aliphatic carbocycles. The Bertz CT molecular complexity index is 620. The summed E-state index contributed by atoms with van der Waals surface area (Å²) in [5, 5.41) is 1.97. The van der Waals surface area contributed by atoms with Gasteiger partial charge in [-0.15, -0.1) is 0 Å². The molecule has 0 saturated heterocycles. The second kappa shape index (κ2) is 8.23. The molecule has 1 aromatic carbocycles. The van der Waals surface area contributed by atoms with Crippen LogP contribution in [0.1, 0.15) is 24.2 Å². The van der Waals surface area contributed by atoms with Crippen LogP contribution in [0.2, 0.25) is 5.02 Å². The molecular formula is C14H17ClN2O6. The number of benzene rings is 1. The number of hydrogen-bond acceptors (Lipinski definition) is 6. The van der Waals surface area contributed by atoms with Crippen molar-refractivity contribution in [2.24, 2.45) is 5.73 Å². The van der Waals surface area contributed by atoms with Crippen molar-refractivity contribution in [2.45, 2.75) is 20.0 Å². The van der Waals surface area contributed by atoms with E-state index in [1.165, 1.54) is 26.2 Å². The van der Waals surface area contributed by atoms with Gasteiger partial charge in [0.25, 0.3) is 5.91 Å².